The monoisotopic (exact) mass is 289 g/mol. The maximum Gasteiger partial charge on any atom is 0.185 e. The topological polar surface area (TPSA) is 20.3 Å². The van der Waals surface area contributed by atoms with Gasteiger partial charge in [0.05, 0.1) is 12.1 Å². The number of nitrogens with zero attached hydrogens (tertiary/aromatic N) is 1. The highest BCUT2D eigenvalue weighted by atomic mass is 19.1. The lowest BCUT2D eigenvalue weighted by Gasteiger charge is -2.22. The van der Waals surface area contributed by atoms with Gasteiger partial charge in [0, 0.05) is 12.2 Å². The summed E-state index contributed by atoms with van der Waals surface area (Å²) >= 11 is 0. The highest BCUT2D eigenvalue weighted by molar-refractivity contribution is 5.99. The Kier molecular flexibility index (Phi) is 4.68. The van der Waals surface area contributed by atoms with E-state index >= 15 is 0 Å². The third-order valence-electron chi connectivity index (χ3n) is 3.31. The van der Waals surface area contributed by atoms with Crippen LogP contribution in [0, 0.1) is 18.6 Å². The van der Waals surface area contributed by atoms with Crippen LogP contribution >= 0.6 is 0 Å². The second-order valence-corrected chi connectivity index (χ2v) is 4.90. The molecule has 0 N–H and O–H groups in total. The summed E-state index contributed by atoms with van der Waals surface area (Å²) in [6, 6.07) is 10.6. The van der Waals surface area contributed by atoms with E-state index in [0.29, 0.717) is 6.54 Å². The number of hydrogen-bond acceptors (Lipinski definition) is 2. The van der Waals surface area contributed by atoms with Crippen LogP contribution in [0.3, 0.4) is 0 Å². The zero-order valence-electron chi connectivity index (χ0n) is 12.1. The van der Waals surface area contributed by atoms with Gasteiger partial charge in [-0.05, 0) is 49.7 Å². The molecule has 0 radical (unpaired) electrons. The van der Waals surface area contributed by atoms with Crippen molar-refractivity contribution < 1.29 is 13.6 Å². The van der Waals surface area contributed by atoms with Gasteiger partial charge in [-0.25, -0.2) is 8.78 Å². The van der Waals surface area contributed by atoms with Gasteiger partial charge < -0.3 is 4.90 Å². The molecular weight excluding hydrogens is 272 g/mol. The smallest absolute Gasteiger partial charge is 0.185 e. The van der Waals surface area contributed by atoms with Crippen LogP contribution in [-0.2, 0) is 0 Å². The van der Waals surface area contributed by atoms with E-state index in [9.17, 15) is 13.6 Å². The van der Waals surface area contributed by atoms with Crippen molar-refractivity contribution in [2.75, 3.05) is 18.0 Å². The first-order valence-electron chi connectivity index (χ1n) is 6.81. The SMILES string of the molecule is CCN(CC(=O)c1cc(F)ccc1F)c1cccc(C)c1. The molecule has 0 heterocycles. The number of halogens is 2. The lowest BCUT2D eigenvalue weighted by atomic mass is 10.1. The maximum absolute atomic E-state index is 13.6. The summed E-state index contributed by atoms with van der Waals surface area (Å²) in [5.41, 5.74) is 1.76. The second-order valence-electron chi connectivity index (χ2n) is 4.90. The standard InChI is InChI=1S/C17H17F2NO/c1-3-20(14-6-4-5-12(2)9-14)11-17(21)15-10-13(18)7-8-16(15)19/h4-10H,3,11H2,1-2H3. The Morgan fingerprint density at radius 1 is 1.14 bits per heavy atom. The van der Waals surface area contributed by atoms with Crippen LogP contribution in [0.2, 0.25) is 0 Å². The van der Waals surface area contributed by atoms with E-state index < -0.39 is 17.4 Å². The predicted molar refractivity (Wildman–Crippen MR) is 79.8 cm³/mol. The minimum Gasteiger partial charge on any atom is -0.364 e. The molecular formula is C17H17F2NO. The first kappa shape index (κ1) is 15.2. The van der Waals surface area contributed by atoms with Gasteiger partial charge in [0.15, 0.2) is 5.78 Å². The number of likely N-dealkylation sites (N-methyl/N-ethyl adjacent to an activating group) is 1. The summed E-state index contributed by atoms with van der Waals surface area (Å²) in [4.78, 5) is 14.0. The van der Waals surface area contributed by atoms with E-state index in [0.717, 1.165) is 29.4 Å². The quantitative estimate of drug-likeness (QED) is 0.776. The predicted octanol–water partition coefficient (Wildman–Crippen LogP) is 3.98. The number of anilines is 1. The molecule has 2 nitrogen and oxygen atoms in total. The number of carbonyl (C=O) groups is 1. The zero-order chi connectivity index (χ0) is 15.4. The molecule has 0 aromatic heterocycles. The summed E-state index contributed by atoms with van der Waals surface area (Å²) in [6.45, 7) is 4.50. The molecule has 2 rings (SSSR count). The molecule has 0 amide bonds. The molecule has 0 spiro atoms. The van der Waals surface area contributed by atoms with E-state index in [4.69, 9.17) is 0 Å². The van der Waals surface area contributed by atoms with Gasteiger partial charge >= 0.3 is 0 Å². The Morgan fingerprint density at radius 3 is 2.57 bits per heavy atom. The third-order valence-corrected chi connectivity index (χ3v) is 3.31. The highest BCUT2D eigenvalue weighted by Crippen LogP contribution is 2.17. The van der Waals surface area contributed by atoms with Crippen LogP contribution in [0.25, 0.3) is 0 Å². The van der Waals surface area contributed by atoms with Crippen LogP contribution in [0.4, 0.5) is 14.5 Å². The molecule has 4 heteroatoms. The molecule has 0 aliphatic heterocycles. The molecule has 0 saturated heterocycles. The number of benzene rings is 2. The second kappa shape index (κ2) is 6.48. The van der Waals surface area contributed by atoms with Crippen molar-refractivity contribution in [2.45, 2.75) is 13.8 Å². The molecule has 2 aromatic carbocycles. The van der Waals surface area contributed by atoms with Crippen molar-refractivity contribution in [1.29, 1.82) is 0 Å². The van der Waals surface area contributed by atoms with Crippen molar-refractivity contribution in [2.24, 2.45) is 0 Å². The average Bonchev–Trinajstić information content (AvgIpc) is 2.47. The van der Waals surface area contributed by atoms with E-state index in [2.05, 4.69) is 0 Å². The Balaban J connectivity index is 2.22. The number of aryl methyl sites for hydroxylation is 1. The van der Waals surface area contributed by atoms with Gasteiger partial charge in [-0.2, -0.15) is 0 Å². The third kappa shape index (κ3) is 3.66. The summed E-state index contributed by atoms with van der Waals surface area (Å²) in [5, 5.41) is 0. The van der Waals surface area contributed by atoms with Crippen molar-refractivity contribution in [3.63, 3.8) is 0 Å². The highest BCUT2D eigenvalue weighted by Gasteiger charge is 2.16. The van der Waals surface area contributed by atoms with E-state index in [1.54, 1.807) is 0 Å². The van der Waals surface area contributed by atoms with Crippen LogP contribution in [0.15, 0.2) is 42.5 Å². The van der Waals surface area contributed by atoms with Crippen LogP contribution in [-0.4, -0.2) is 18.9 Å². The van der Waals surface area contributed by atoms with Crippen molar-refractivity contribution in [3.05, 3.63) is 65.2 Å². The lowest BCUT2D eigenvalue weighted by molar-refractivity contribution is 0.0995. The first-order chi connectivity index (χ1) is 10.0. The van der Waals surface area contributed by atoms with Crippen molar-refractivity contribution in [3.8, 4) is 0 Å². The first-order valence-corrected chi connectivity index (χ1v) is 6.81. The molecule has 0 atom stereocenters. The summed E-state index contributed by atoms with van der Waals surface area (Å²) in [6.07, 6.45) is 0. The molecule has 0 saturated carbocycles. The Bertz CT molecular complexity index is 655. The zero-order valence-corrected chi connectivity index (χ0v) is 12.1. The van der Waals surface area contributed by atoms with Crippen LogP contribution in [0.1, 0.15) is 22.8 Å². The summed E-state index contributed by atoms with van der Waals surface area (Å²) in [7, 11) is 0. The van der Waals surface area contributed by atoms with Gasteiger partial charge in [0.2, 0.25) is 0 Å². The Labute approximate surface area is 123 Å². The lowest BCUT2D eigenvalue weighted by Crippen LogP contribution is -2.30. The number of carbonyl (C=O) groups excluding carboxylic acids is 1. The van der Waals surface area contributed by atoms with E-state index in [1.807, 2.05) is 43.0 Å². The van der Waals surface area contributed by atoms with Gasteiger partial charge in [-0.1, -0.05) is 12.1 Å². The number of rotatable bonds is 5. The molecule has 0 bridgehead atoms. The largest absolute Gasteiger partial charge is 0.364 e. The molecule has 2 aromatic rings. The number of hydrogen-bond donors (Lipinski definition) is 0. The molecule has 0 aliphatic rings. The fourth-order valence-corrected chi connectivity index (χ4v) is 2.18. The van der Waals surface area contributed by atoms with Crippen molar-refractivity contribution >= 4 is 11.5 Å². The summed E-state index contributed by atoms with van der Waals surface area (Å²) < 4.78 is 26.8. The maximum atomic E-state index is 13.6. The number of ketones is 1. The van der Waals surface area contributed by atoms with Gasteiger partial charge in [-0.15, -0.1) is 0 Å². The van der Waals surface area contributed by atoms with Gasteiger partial charge in [0.25, 0.3) is 0 Å². The van der Waals surface area contributed by atoms with Crippen LogP contribution in [0.5, 0.6) is 0 Å². The molecule has 0 unspecified atom stereocenters. The molecule has 0 fully saturated rings. The average molecular weight is 289 g/mol. The minimum atomic E-state index is -0.693. The minimum absolute atomic E-state index is 0.0142. The van der Waals surface area contributed by atoms with Crippen molar-refractivity contribution in [1.82, 2.24) is 0 Å². The van der Waals surface area contributed by atoms with Gasteiger partial charge in [0.1, 0.15) is 11.6 Å². The Hall–Kier alpha value is -2.23. The number of Topliss-reactive ketones (excluding diaryl/α,β-unsaturated/α-hetero) is 1. The van der Waals surface area contributed by atoms with E-state index in [1.165, 1.54) is 0 Å². The molecule has 110 valence electrons. The Morgan fingerprint density at radius 2 is 1.90 bits per heavy atom. The van der Waals surface area contributed by atoms with Gasteiger partial charge in [-0.3, -0.25) is 4.79 Å². The fraction of sp³-hybridized carbons (Fsp3) is 0.235. The molecule has 21 heavy (non-hydrogen) atoms. The van der Waals surface area contributed by atoms with Crippen LogP contribution < -0.4 is 4.90 Å². The molecule has 0 aliphatic carbocycles. The fourth-order valence-electron chi connectivity index (χ4n) is 2.18. The summed E-state index contributed by atoms with van der Waals surface area (Å²) in [5.74, 6) is -1.74. The van der Waals surface area contributed by atoms with E-state index in [-0.39, 0.29) is 12.1 Å². The normalized spacial score (nSPS) is 10.5.